The second-order valence-electron chi connectivity index (χ2n) is 10.2. The van der Waals surface area contributed by atoms with Gasteiger partial charge in [0.1, 0.15) is 5.60 Å². The number of nitrogens with one attached hydrogen (secondary N) is 1. The van der Waals surface area contributed by atoms with Gasteiger partial charge in [-0.25, -0.2) is 4.79 Å². The van der Waals surface area contributed by atoms with Gasteiger partial charge in [0.2, 0.25) is 0 Å². The molecule has 31 heavy (non-hydrogen) atoms. The van der Waals surface area contributed by atoms with E-state index in [0.29, 0.717) is 24.2 Å². The zero-order valence-corrected chi connectivity index (χ0v) is 20.9. The van der Waals surface area contributed by atoms with E-state index in [1.807, 2.05) is 20.8 Å². The Balaban J connectivity index is 2.80. The fourth-order valence-corrected chi connectivity index (χ4v) is 4.35. The van der Waals surface area contributed by atoms with Crippen LogP contribution in [0, 0.1) is 17.8 Å². The van der Waals surface area contributed by atoms with Crippen molar-refractivity contribution in [1.29, 1.82) is 0 Å². The summed E-state index contributed by atoms with van der Waals surface area (Å²) in [6.45, 7) is 13.9. The molecule has 1 aromatic rings. The van der Waals surface area contributed by atoms with Gasteiger partial charge >= 0.3 is 6.09 Å². The number of hydrogen-bond acceptors (Lipinski definition) is 3. The first-order valence-corrected chi connectivity index (χ1v) is 12.1. The van der Waals surface area contributed by atoms with E-state index in [9.17, 15) is 9.59 Å². The first-order valence-electron chi connectivity index (χ1n) is 12.1. The van der Waals surface area contributed by atoms with E-state index in [1.54, 1.807) is 6.92 Å². The maximum atomic E-state index is 12.1. The Morgan fingerprint density at radius 1 is 1.00 bits per heavy atom. The number of carbonyl (C=O) groups excluding carboxylic acids is 2. The largest absolute Gasteiger partial charge is 0.444 e. The topological polar surface area (TPSA) is 55.4 Å². The summed E-state index contributed by atoms with van der Waals surface area (Å²) in [4.78, 5) is 24.3. The Morgan fingerprint density at radius 3 is 2.16 bits per heavy atom. The lowest BCUT2D eigenvalue weighted by molar-refractivity contribution is -0.119. The standard InChI is InChI=1S/C27H45NO3/c1-8-9-17-24(20(2)3)23(19-22-14-11-10-12-15-22)16-13-18-25(21(4)29)28-26(30)31-27(5,6)7/h10-12,14-15,20,23-25H,8-9,13,16-19H2,1-7H3,(H,28,30)/t23-,24+,25+/m1/s1. The Kier molecular flexibility index (Phi) is 11.9. The summed E-state index contributed by atoms with van der Waals surface area (Å²) in [5.74, 6) is 1.85. The molecule has 1 amide bonds. The van der Waals surface area contributed by atoms with Crippen LogP contribution in [0.25, 0.3) is 0 Å². The molecule has 0 heterocycles. The highest BCUT2D eigenvalue weighted by molar-refractivity contribution is 5.85. The zero-order valence-electron chi connectivity index (χ0n) is 20.9. The molecular formula is C27H45NO3. The lowest BCUT2D eigenvalue weighted by atomic mass is 9.74. The van der Waals surface area contributed by atoms with Crippen LogP contribution in [0.2, 0.25) is 0 Å². The van der Waals surface area contributed by atoms with Crippen LogP contribution in [0.4, 0.5) is 4.79 Å². The first kappa shape index (κ1) is 27.2. The van der Waals surface area contributed by atoms with Crippen molar-refractivity contribution in [2.45, 2.75) is 105 Å². The van der Waals surface area contributed by atoms with Crippen molar-refractivity contribution in [2.24, 2.45) is 17.8 Å². The average Bonchev–Trinajstić information content (AvgIpc) is 2.66. The monoisotopic (exact) mass is 431 g/mol. The van der Waals surface area contributed by atoms with Gasteiger partial charge in [0.25, 0.3) is 0 Å². The molecule has 1 rings (SSSR count). The maximum Gasteiger partial charge on any atom is 0.408 e. The molecule has 1 N–H and O–H groups in total. The van der Waals surface area contributed by atoms with Crippen molar-refractivity contribution in [1.82, 2.24) is 5.32 Å². The number of hydrogen-bond donors (Lipinski definition) is 1. The summed E-state index contributed by atoms with van der Waals surface area (Å²) < 4.78 is 5.34. The number of benzene rings is 1. The van der Waals surface area contributed by atoms with E-state index in [2.05, 4.69) is 56.4 Å². The molecule has 4 heteroatoms. The van der Waals surface area contributed by atoms with Crippen LogP contribution in [0.15, 0.2) is 30.3 Å². The Hall–Kier alpha value is -1.84. The van der Waals surface area contributed by atoms with Crippen LogP contribution >= 0.6 is 0 Å². The number of rotatable bonds is 13. The second-order valence-corrected chi connectivity index (χ2v) is 10.2. The van der Waals surface area contributed by atoms with Gasteiger partial charge in [0, 0.05) is 0 Å². The van der Waals surface area contributed by atoms with Gasteiger partial charge in [-0.05, 0) is 76.7 Å². The number of ether oxygens (including phenoxy) is 1. The zero-order chi connectivity index (χ0) is 23.4. The molecule has 0 aromatic heterocycles. The minimum Gasteiger partial charge on any atom is -0.444 e. The van der Waals surface area contributed by atoms with Gasteiger partial charge in [0.05, 0.1) is 6.04 Å². The van der Waals surface area contributed by atoms with Gasteiger partial charge < -0.3 is 10.1 Å². The SMILES string of the molecule is CCCC[C@@H](C(C)C)[C@H](CCC[C@H](NC(=O)OC(C)(C)C)C(C)=O)Cc1ccccc1. The van der Waals surface area contributed by atoms with Gasteiger partial charge in [0.15, 0.2) is 5.78 Å². The van der Waals surface area contributed by atoms with Gasteiger partial charge in [-0.2, -0.15) is 0 Å². The van der Waals surface area contributed by atoms with E-state index in [4.69, 9.17) is 4.74 Å². The Bertz CT molecular complexity index is 648. The fourth-order valence-electron chi connectivity index (χ4n) is 4.35. The number of unbranched alkanes of at least 4 members (excludes halogenated alkanes) is 1. The van der Waals surface area contributed by atoms with Crippen LogP contribution in [0.5, 0.6) is 0 Å². The van der Waals surface area contributed by atoms with Crippen LogP contribution in [-0.2, 0) is 16.0 Å². The molecule has 0 saturated heterocycles. The van der Waals surface area contributed by atoms with Crippen LogP contribution < -0.4 is 5.32 Å². The molecule has 0 unspecified atom stereocenters. The summed E-state index contributed by atoms with van der Waals surface area (Å²) in [5.41, 5.74) is 0.806. The minimum absolute atomic E-state index is 0.0168. The molecule has 0 fully saturated rings. The number of ketones is 1. The fraction of sp³-hybridized carbons (Fsp3) is 0.704. The number of alkyl carbamates (subject to hydrolysis) is 1. The molecule has 0 saturated carbocycles. The smallest absolute Gasteiger partial charge is 0.408 e. The van der Waals surface area contributed by atoms with E-state index < -0.39 is 17.7 Å². The van der Waals surface area contributed by atoms with Crippen molar-refractivity contribution in [2.75, 3.05) is 0 Å². The molecule has 0 radical (unpaired) electrons. The predicted octanol–water partition coefficient (Wildman–Crippen LogP) is 6.96. The Labute approximate surface area is 190 Å². The van der Waals surface area contributed by atoms with Crippen molar-refractivity contribution >= 4 is 11.9 Å². The van der Waals surface area contributed by atoms with Crippen molar-refractivity contribution in [3.05, 3.63) is 35.9 Å². The number of carbonyl (C=O) groups is 2. The second kappa shape index (κ2) is 13.5. The lowest BCUT2D eigenvalue weighted by Crippen LogP contribution is -2.42. The van der Waals surface area contributed by atoms with Crippen LogP contribution in [0.3, 0.4) is 0 Å². The third kappa shape index (κ3) is 11.4. The molecule has 1 aromatic carbocycles. The van der Waals surface area contributed by atoms with Crippen molar-refractivity contribution < 1.29 is 14.3 Å². The first-order chi connectivity index (χ1) is 14.5. The van der Waals surface area contributed by atoms with E-state index in [0.717, 1.165) is 19.3 Å². The van der Waals surface area contributed by atoms with Gasteiger partial charge in [-0.15, -0.1) is 0 Å². The third-order valence-corrected chi connectivity index (χ3v) is 5.94. The van der Waals surface area contributed by atoms with Crippen molar-refractivity contribution in [3.63, 3.8) is 0 Å². The highest BCUT2D eigenvalue weighted by atomic mass is 16.6. The highest BCUT2D eigenvalue weighted by Crippen LogP contribution is 2.33. The maximum absolute atomic E-state index is 12.1. The van der Waals surface area contributed by atoms with Crippen molar-refractivity contribution in [3.8, 4) is 0 Å². The molecule has 176 valence electrons. The normalized spacial score (nSPS) is 14.7. The predicted molar refractivity (Wildman–Crippen MR) is 129 cm³/mol. The molecule has 0 spiro atoms. The minimum atomic E-state index is -0.573. The number of Topliss-reactive ketones (excluding diaryl/α,β-unsaturated/α-hetero) is 1. The third-order valence-electron chi connectivity index (χ3n) is 5.94. The van der Waals surface area contributed by atoms with E-state index in [-0.39, 0.29) is 5.78 Å². The molecule has 0 aliphatic carbocycles. The molecule has 3 atom stereocenters. The van der Waals surface area contributed by atoms with Gasteiger partial charge in [-0.1, -0.05) is 70.4 Å². The highest BCUT2D eigenvalue weighted by Gasteiger charge is 2.26. The summed E-state index contributed by atoms with van der Waals surface area (Å²) in [6.07, 6.45) is 6.89. The molecule has 0 bridgehead atoms. The quantitative estimate of drug-likeness (QED) is 0.367. The molecular weight excluding hydrogens is 386 g/mol. The van der Waals surface area contributed by atoms with Crippen LogP contribution in [-0.4, -0.2) is 23.5 Å². The molecule has 4 nitrogen and oxygen atoms in total. The summed E-state index contributed by atoms with van der Waals surface area (Å²) >= 11 is 0. The summed E-state index contributed by atoms with van der Waals surface area (Å²) in [5, 5.41) is 2.77. The molecule has 0 aliphatic rings. The molecule has 0 aliphatic heterocycles. The summed E-state index contributed by atoms with van der Waals surface area (Å²) in [7, 11) is 0. The van der Waals surface area contributed by atoms with E-state index in [1.165, 1.54) is 24.8 Å². The summed E-state index contributed by atoms with van der Waals surface area (Å²) in [6, 6.07) is 10.2. The van der Waals surface area contributed by atoms with Gasteiger partial charge in [-0.3, -0.25) is 4.79 Å². The number of amides is 1. The van der Waals surface area contributed by atoms with E-state index >= 15 is 0 Å². The Morgan fingerprint density at radius 2 is 1.65 bits per heavy atom. The average molecular weight is 432 g/mol. The van der Waals surface area contributed by atoms with Crippen LogP contribution in [0.1, 0.15) is 92.6 Å². The lowest BCUT2D eigenvalue weighted by Gasteiger charge is -2.31.